The quantitative estimate of drug-likeness (QED) is 0.325. The lowest BCUT2D eigenvalue weighted by Gasteiger charge is -2.07. The molecule has 0 radical (unpaired) electrons. The van der Waals surface area contributed by atoms with Gasteiger partial charge in [-0.1, -0.05) is 60.7 Å². The van der Waals surface area contributed by atoms with Crippen molar-refractivity contribution in [3.63, 3.8) is 0 Å². The standard InChI is InChI=1S/C22H17N/c1-13-11-12-14(2)21-19(13)20-17-9-5-3-7-15(17)16-8-4-6-10-18(16)22(20)23-21/h3-12,23H,1-2H3. The highest BCUT2D eigenvalue weighted by molar-refractivity contribution is 6.31. The number of hydrogen-bond acceptors (Lipinski definition) is 0. The number of nitrogens with one attached hydrogen (secondary N) is 1. The van der Waals surface area contributed by atoms with Gasteiger partial charge in [0.2, 0.25) is 0 Å². The number of rotatable bonds is 0. The van der Waals surface area contributed by atoms with Crippen LogP contribution in [0.25, 0.3) is 43.4 Å². The molecule has 4 aromatic carbocycles. The fourth-order valence-electron chi connectivity index (χ4n) is 3.95. The van der Waals surface area contributed by atoms with E-state index < -0.39 is 0 Å². The second kappa shape index (κ2) is 4.36. The molecule has 0 aliphatic carbocycles. The van der Waals surface area contributed by atoms with E-state index in [9.17, 15) is 0 Å². The number of aromatic amines is 1. The Labute approximate surface area is 134 Å². The molecule has 23 heavy (non-hydrogen) atoms. The summed E-state index contributed by atoms with van der Waals surface area (Å²) in [7, 11) is 0. The number of H-pyrrole nitrogens is 1. The first kappa shape index (κ1) is 12.7. The summed E-state index contributed by atoms with van der Waals surface area (Å²) in [4.78, 5) is 3.72. The van der Waals surface area contributed by atoms with Gasteiger partial charge in [-0.2, -0.15) is 0 Å². The molecule has 1 N–H and O–H groups in total. The van der Waals surface area contributed by atoms with E-state index in [2.05, 4.69) is 79.5 Å². The summed E-state index contributed by atoms with van der Waals surface area (Å²) in [5, 5.41) is 8.00. The van der Waals surface area contributed by atoms with E-state index in [1.807, 2.05) is 0 Å². The van der Waals surface area contributed by atoms with Crippen molar-refractivity contribution in [1.82, 2.24) is 4.98 Å². The Morgan fingerprint density at radius 3 is 1.83 bits per heavy atom. The van der Waals surface area contributed by atoms with Crippen LogP contribution in [0.15, 0.2) is 60.7 Å². The Morgan fingerprint density at radius 2 is 1.09 bits per heavy atom. The van der Waals surface area contributed by atoms with Crippen molar-refractivity contribution in [2.24, 2.45) is 0 Å². The highest BCUT2D eigenvalue weighted by Crippen LogP contribution is 2.40. The predicted octanol–water partition coefficient (Wildman–Crippen LogP) is 6.24. The summed E-state index contributed by atoms with van der Waals surface area (Å²) in [6, 6.07) is 21.9. The van der Waals surface area contributed by atoms with Crippen molar-refractivity contribution in [2.75, 3.05) is 0 Å². The van der Waals surface area contributed by atoms with Crippen molar-refractivity contribution in [1.29, 1.82) is 0 Å². The molecule has 5 aromatic rings. The second-order valence-corrected chi connectivity index (χ2v) is 6.42. The largest absolute Gasteiger partial charge is 0.354 e. The van der Waals surface area contributed by atoms with Crippen LogP contribution < -0.4 is 0 Å². The first-order chi connectivity index (χ1) is 11.3. The lowest BCUT2D eigenvalue weighted by atomic mass is 9.95. The second-order valence-electron chi connectivity index (χ2n) is 6.42. The van der Waals surface area contributed by atoms with Gasteiger partial charge in [0.25, 0.3) is 0 Å². The molecule has 0 saturated heterocycles. The maximum Gasteiger partial charge on any atom is 0.0551 e. The summed E-state index contributed by atoms with van der Waals surface area (Å²) in [5.74, 6) is 0. The van der Waals surface area contributed by atoms with E-state index in [0.717, 1.165) is 0 Å². The first-order valence-corrected chi connectivity index (χ1v) is 8.07. The molecule has 1 aromatic heterocycles. The molecule has 0 unspecified atom stereocenters. The molecule has 0 saturated carbocycles. The third-order valence-corrected chi connectivity index (χ3v) is 5.05. The molecule has 5 rings (SSSR count). The first-order valence-electron chi connectivity index (χ1n) is 8.07. The SMILES string of the molecule is Cc1ccc(C)c2c1[nH]c1c3ccccc3c3ccccc3c12. The number of benzene rings is 4. The Balaban J connectivity index is 2.25. The molecule has 1 heterocycles. The summed E-state index contributed by atoms with van der Waals surface area (Å²) in [6.07, 6.45) is 0. The maximum atomic E-state index is 3.72. The van der Waals surface area contributed by atoms with Crippen LogP contribution in [-0.4, -0.2) is 4.98 Å². The lowest BCUT2D eigenvalue weighted by molar-refractivity contribution is 1.43. The van der Waals surface area contributed by atoms with Gasteiger partial charge < -0.3 is 4.98 Å². The number of hydrogen-bond donors (Lipinski definition) is 1. The predicted molar refractivity (Wildman–Crippen MR) is 100 cm³/mol. The van der Waals surface area contributed by atoms with E-state index in [1.165, 1.54) is 54.5 Å². The zero-order valence-electron chi connectivity index (χ0n) is 13.3. The topological polar surface area (TPSA) is 15.8 Å². The van der Waals surface area contributed by atoms with E-state index in [4.69, 9.17) is 0 Å². The van der Waals surface area contributed by atoms with Crippen LogP contribution in [0.1, 0.15) is 11.1 Å². The zero-order valence-corrected chi connectivity index (χ0v) is 13.3. The summed E-state index contributed by atoms with van der Waals surface area (Å²) in [6.45, 7) is 4.39. The smallest absolute Gasteiger partial charge is 0.0551 e. The molecule has 0 aliphatic rings. The fourth-order valence-corrected chi connectivity index (χ4v) is 3.95. The molecule has 0 amide bonds. The van der Waals surface area contributed by atoms with Crippen LogP contribution >= 0.6 is 0 Å². The van der Waals surface area contributed by atoms with Crippen LogP contribution in [-0.2, 0) is 0 Å². The van der Waals surface area contributed by atoms with Gasteiger partial charge in [0, 0.05) is 21.7 Å². The van der Waals surface area contributed by atoms with Gasteiger partial charge in [-0.05, 0) is 41.1 Å². The van der Waals surface area contributed by atoms with Crippen molar-refractivity contribution in [2.45, 2.75) is 13.8 Å². The number of aromatic nitrogens is 1. The molecular formula is C22H17N. The molecule has 1 heteroatoms. The van der Waals surface area contributed by atoms with Crippen molar-refractivity contribution in [3.8, 4) is 0 Å². The molecular weight excluding hydrogens is 278 g/mol. The summed E-state index contributed by atoms with van der Waals surface area (Å²) >= 11 is 0. The highest BCUT2D eigenvalue weighted by Gasteiger charge is 2.15. The molecule has 0 spiro atoms. The molecule has 1 nitrogen and oxygen atoms in total. The Bertz CT molecular complexity index is 1220. The van der Waals surface area contributed by atoms with Crippen molar-refractivity contribution >= 4 is 43.4 Å². The normalized spacial score (nSPS) is 11.9. The van der Waals surface area contributed by atoms with Gasteiger partial charge in [0.1, 0.15) is 0 Å². The third kappa shape index (κ3) is 1.57. The molecule has 0 atom stereocenters. The minimum absolute atomic E-state index is 1.26. The molecule has 0 fully saturated rings. The Hall–Kier alpha value is -2.80. The van der Waals surface area contributed by atoms with Crippen molar-refractivity contribution < 1.29 is 0 Å². The van der Waals surface area contributed by atoms with Crippen LogP contribution in [0, 0.1) is 13.8 Å². The van der Waals surface area contributed by atoms with E-state index in [0.29, 0.717) is 0 Å². The number of fused-ring (bicyclic) bond motifs is 8. The molecule has 0 bridgehead atoms. The van der Waals surface area contributed by atoms with Gasteiger partial charge >= 0.3 is 0 Å². The molecule has 0 aliphatic heterocycles. The fraction of sp³-hybridized carbons (Fsp3) is 0.0909. The van der Waals surface area contributed by atoms with Crippen LogP contribution in [0.2, 0.25) is 0 Å². The monoisotopic (exact) mass is 295 g/mol. The van der Waals surface area contributed by atoms with Gasteiger partial charge in [0.05, 0.1) is 5.52 Å². The van der Waals surface area contributed by atoms with Crippen LogP contribution in [0.3, 0.4) is 0 Å². The van der Waals surface area contributed by atoms with E-state index in [1.54, 1.807) is 0 Å². The van der Waals surface area contributed by atoms with Crippen LogP contribution in [0.5, 0.6) is 0 Å². The average molecular weight is 295 g/mol. The van der Waals surface area contributed by atoms with Gasteiger partial charge in [-0.3, -0.25) is 0 Å². The number of aryl methyl sites for hydroxylation is 2. The van der Waals surface area contributed by atoms with Crippen molar-refractivity contribution in [3.05, 3.63) is 71.8 Å². The Kier molecular flexibility index (Phi) is 2.41. The summed E-state index contributed by atoms with van der Waals surface area (Å²) < 4.78 is 0. The minimum Gasteiger partial charge on any atom is -0.354 e. The van der Waals surface area contributed by atoms with Gasteiger partial charge in [-0.15, -0.1) is 0 Å². The lowest BCUT2D eigenvalue weighted by Crippen LogP contribution is -1.81. The third-order valence-electron chi connectivity index (χ3n) is 5.05. The zero-order chi connectivity index (χ0) is 15.6. The van der Waals surface area contributed by atoms with E-state index in [-0.39, 0.29) is 0 Å². The Morgan fingerprint density at radius 1 is 0.522 bits per heavy atom. The highest BCUT2D eigenvalue weighted by atomic mass is 14.7. The van der Waals surface area contributed by atoms with Crippen LogP contribution in [0.4, 0.5) is 0 Å². The molecule has 110 valence electrons. The van der Waals surface area contributed by atoms with Gasteiger partial charge in [0.15, 0.2) is 0 Å². The average Bonchev–Trinajstić information content (AvgIpc) is 3.01. The maximum absolute atomic E-state index is 3.72. The minimum atomic E-state index is 1.26. The summed E-state index contributed by atoms with van der Waals surface area (Å²) in [5.41, 5.74) is 5.15. The van der Waals surface area contributed by atoms with E-state index >= 15 is 0 Å². The van der Waals surface area contributed by atoms with Gasteiger partial charge in [-0.25, -0.2) is 0 Å².